The average molecular weight is 424 g/mol. The topological polar surface area (TPSA) is 75.6 Å². The first-order chi connectivity index (χ1) is 14.6. The quantitative estimate of drug-likeness (QED) is 0.499. The van der Waals surface area contributed by atoms with Crippen molar-refractivity contribution >= 4 is 12.1 Å². The molecule has 0 heterocycles. The molecule has 2 aromatic carbocycles. The molecule has 2 aromatic rings. The van der Waals surface area contributed by atoms with Gasteiger partial charge < -0.3 is 19.6 Å². The fourth-order valence-corrected chi connectivity index (χ4v) is 4.56. The molecule has 0 aliphatic heterocycles. The predicted octanol–water partition coefficient (Wildman–Crippen LogP) is 3.88. The van der Waals surface area contributed by atoms with Crippen molar-refractivity contribution in [2.24, 2.45) is 5.41 Å². The predicted molar refractivity (Wildman–Crippen MR) is 121 cm³/mol. The van der Waals surface area contributed by atoms with Crippen LogP contribution in [0.3, 0.4) is 0 Å². The molecule has 0 saturated heterocycles. The standard InChI is InChI=1S/C25H30N2O4/c1-6-25(2,16-27(3,4)5)22(23(28)29)26-24(30)31-15-21-19-13-9-7-11-17(19)18-12-8-10-14-20(18)21/h6-14,21-22H,1,15-16H2,2-5H3,(H-,26,28,29,30)/p+1/t22-,25+/m1/s1. The second kappa shape index (κ2) is 8.55. The molecule has 0 fully saturated rings. The lowest BCUT2D eigenvalue weighted by molar-refractivity contribution is -0.876. The molecule has 6 nitrogen and oxygen atoms in total. The molecule has 1 aliphatic carbocycles. The Labute approximate surface area is 183 Å². The van der Waals surface area contributed by atoms with Crippen LogP contribution in [0.5, 0.6) is 0 Å². The molecule has 2 atom stereocenters. The van der Waals surface area contributed by atoms with Crippen LogP contribution in [0, 0.1) is 5.41 Å². The van der Waals surface area contributed by atoms with Crippen molar-refractivity contribution in [1.82, 2.24) is 5.32 Å². The first kappa shape index (κ1) is 22.6. The monoisotopic (exact) mass is 423 g/mol. The number of alkyl carbamates (subject to hydrolysis) is 1. The van der Waals surface area contributed by atoms with Crippen molar-refractivity contribution in [3.63, 3.8) is 0 Å². The van der Waals surface area contributed by atoms with E-state index in [1.165, 1.54) is 0 Å². The normalized spacial score (nSPS) is 15.9. The molecular formula is C25H31N2O4+. The summed E-state index contributed by atoms with van der Waals surface area (Å²) in [5.74, 6) is -1.21. The van der Waals surface area contributed by atoms with Crippen molar-refractivity contribution < 1.29 is 23.9 Å². The van der Waals surface area contributed by atoms with E-state index in [0.717, 1.165) is 22.3 Å². The number of carboxylic acids is 1. The molecule has 0 radical (unpaired) electrons. The molecule has 6 heteroatoms. The molecule has 0 saturated carbocycles. The van der Waals surface area contributed by atoms with Gasteiger partial charge in [-0.25, -0.2) is 9.59 Å². The number of carbonyl (C=O) groups excluding carboxylic acids is 1. The van der Waals surface area contributed by atoms with Crippen LogP contribution in [0.4, 0.5) is 4.79 Å². The number of rotatable bonds is 8. The van der Waals surface area contributed by atoms with E-state index in [0.29, 0.717) is 11.0 Å². The summed E-state index contributed by atoms with van der Waals surface area (Å²) in [5, 5.41) is 12.4. The summed E-state index contributed by atoms with van der Waals surface area (Å²) in [6.07, 6.45) is 0.850. The fraction of sp³-hybridized carbons (Fsp3) is 0.360. The third-order valence-electron chi connectivity index (χ3n) is 5.79. The van der Waals surface area contributed by atoms with Crippen molar-refractivity contribution in [1.29, 1.82) is 0 Å². The highest BCUT2D eigenvalue weighted by atomic mass is 16.5. The molecule has 0 bridgehead atoms. The minimum atomic E-state index is -1.15. The van der Waals surface area contributed by atoms with Gasteiger partial charge in [-0.15, -0.1) is 6.58 Å². The number of quaternary nitrogens is 1. The first-order valence-corrected chi connectivity index (χ1v) is 10.3. The van der Waals surface area contributed by atoms with Gasteiger partial charge in [-0.3, -0.25) is 0 Å². The third-order valence-corrected chi connectivity index (χ3v) is 5.79. The number of fused-ring (bicyclic) bond motifs is 3. The Balaban J connectivity index is 1.75. The summed E-state index contributed by atoms with van der Waals surface area (Å²) in [6, 6.07) is 15.0. The van der Waals surface area contributed by atoms with E-state index in [-0.39, 0.29) is 12.5 Å². The molecular weight excluding hydrogens is 392 g/mol. The van der Waals surface area contributed by atoms with E-state index in [2.05, 4.69) is 24.0 Å². The number of hydrogen-bond donors (Lipinski definition) is 2. The summed E-state index contributed by atoms with van der Waals surface area (Å²) in [5.41, 5.74) is 3.63. The van der Waals surface area contributed by atoms with Crippen molar-refractivity contribution in [2.75, 3.05) is 34.3 Å². The fourth-order valence-electron chi connectivity index (χ4n) is 4.56. The van der Waals surface area contributed by atoms with E-state index in [1.54, 1.807) is 13.0 Å². The van der Waals surface area contributed by atoms with Crippen LogP contribution < -0.4 is 5.32 Å². The number of benzene rings is 2. The van der Waals surface area contributed by atoms with Gasteiger partial charge in [-0.2, -0.15) is 0 Å². The smallest absolute Gasteiger partial charge is 0.407 e. The molecule has 1 aliphatic rings. The summed E-state index contributed by atoms with van der Waals surface area (Å²) in [7, 11) is 5.90. The van der Waals surface area contributed by atoms with Gasteiger partial charge in [0.25, 0.3) is 0 Å². The van der Waals surface area contributed by atoms with Gasteiger partial charge in [-0.1, -0.05) is 54.6 Å². The Morgan fingerprint density at radius 3 is 2.10 bits per heavy atom. The number of hydrogen-bond acceptors (Lipinski definition) is 3. The van der Waals surface area contributed by atoms with E-state index >= 15 is 0 Å². The SMILES string of the molecule is C=C[C@@](C)(C[N+](C)(C)C)[C@H](NC(=O)OCC1c2ccccc2-c2ccccc21)C(=O)O. The Kier molecular flexibility index (Phi) is 6.23. The Bertz CT molecular complexity index is 950. The van der Waals surface area contributed by atoms with Crippen molar-refractivity contribution in [3.05, 3.63) is 72.3 Å². The van der Waals surface area contributed by atoms with Gasteiger partial charge in [0, 0.05) is 5.92 Å². The number of ether oxygens (including phenoxy) is 1. The highest BCUT2D eigenvalue weighted by molar-refractivity contribution is 5.82. The number of aliphatic carboxylic acids is 1. The highest BCUT2D eigenvalue weighted by Gasteiger charge is 2.42. The third kappa shape index (κ3) is 4.80. The second-order valence-corrected chi connectivity index (χ2v) is 9.40. The zero-order chi connectivity index (χ0) is 22.8. The van der Waals surface area contributed by atoms with Gasteiger partial charge >= 0.3 is 12.1 Å². The molecule has 1 amide bonds. The number of amides is 1. The Morgan fingerprint density at radius 1 is 1.13 bits per heavy atom. The molecule has 0 unspecified atom stereocenters. The largest absolute Gasteiger partial charge is 0.480 e. The van der Waals surface area contributed by atoms with Gasteiger partial charge in [0.15, 0.2) is 0 Å². The zero-order valence-electron chi connectivity index (χ0n) is 18.6. The van der Waals surface area contributed by atoms with Crippen LogP contribution in [0.1, 0.15) is 24.0 Å². The lowest BCUT2D eigenvalue weighted by Gasteiger charge is -2.38. The van der Waals surface area contributed by atoms with Gasteiger partial charge in [-0.05, 0) is 29.2 Å². The summed E-state index contributed by atoms with van der Waals surface area (Å²) >= 11 is 0. The number of nitrogens with zero attached hydrogens (tertiary/aromatic N) is 1. The Morgan fingerprint density at radius 2 is 1.65 bits per heavy atom. The van der Waals surface area contributed by atoms with E-state index in [1.807, 2.05) is 57.5 Å². The van der Waals surface area contributed by atoms with Crippen LogP contribution in [-0.2, 0) is 9.53 Å². The molecule has 164 valence electrons. The van der Waals surface area contributed by atoms with E-state index in [9.17, 15) is 14.7 Å². The van der Waals surface area contributed by atoms with Crippen molar-refractivity contribution in [2.45, 2.75) is 18.9 Å². The summed E-state index contributed by atoms with van der Waals surface area (Å²) in [4.78, 5) is 24.6. The average Bonchev–Trinajstić information content (AvgIpc) is 3.03. The maximum absolute atomic E-state index is 12.6. The second-order valence-electron chi connectivity index (χ2n) is 9.40. The van der Waals surface area contributed by atoms with Crippen LogP contribution >= 0.6 is 0 Å². The lowest BCUT2D eigenvalue weighted by Crippen LogP contribution is -2.57. The van der Waals surface area contributed by atoms with E-state index < -0.39 is 23.5 Å². The molecule has 3 rings (SSSR count). The minimum Gasteiger partial charge on any atom is -0.480 e. The van der Waals surface area contributed by atoms with Crippen LogP contribution in [0.15, 0.2) is 61.2 Å². The van der Waals surface area contributed by atoms with Gasteiger partial charge in [0.1, 0.15) is 12.6 Å². The van der Waals surface area contributed by atoms with Crippen LogP contribution in [0.2, 0.25) is 0 Å². The molecule has 2 N–H and O–H groups in total. The summed E-state index contributed by atoms with van der Waals surface area (Å²) < 4.78 is 6.06. The number of nitrogens with one attached hydrogen (secondary N) is 1. The van der Waals surface area contributed by atoms with Crippen molar-refractivity contribution in [3.8, 4) is 11.1 Å². The molecule has 0 spiro atoms. The number of carboxylic acid groups (broad SMARTS) is 1. The van der Waals surface area contributed by atoms with Crippen LogP contribution in [0.25, 0.3) is 11.1 Å². The molecule has 31 heavy (non-hydrogen) atoms. The zero-order valence-corrected chi connectivity index (χ0v) is 18.6. The lowest BCUT2D eigenvalue weighted by atomic mass is 9.81. The maximum Gasteiger partial charge on any atom is 0.407 e. The highest BCUT2D eigenvalue weighted by Crippen LogP contribution is 2.44. The van der Waals surface area contributed by atoms with Crippen LogP contribution in [-0.4, -0.2) is 62.0 Å². The number of carbonyl (C=O) groups is 2. The van der Waals surface area contributed by atoms with Gasteiger partial charge in [0.2, 0.25) is 0 Å². The molecule has 0 aromatic heterocycles. The maximum atomic E-state index is 12.6. The Hall–Kier alpha value is -3.12. The van der Waals surface area contributed by atoms with E-state index in [4.69, 9.17) is 4.74 Å². The first-order valence-electron chi connectivity index (χ1n) is 10.3. The van der Waals surface area contributed by atoms with Gasteiger partial charge in [0.05, 0.1) is 33.1 Å². The summed E-state index contributed by atoms with van der Waals surface area (Å²) in [6.45, 7) is 6.22. The minimum absolute atomic E-state index is 0.0848.